The van der Waals surface area contributed by atoms with E-state index in [1.54, 1.807) is 14.2 Å². The van der Waals surface area contributed by atoms with Crippen molar-refractivity contribution in [3.63, 3.8) is 0 Å². The van der Waals surface area contributed by atoms with Crippen LogP contribution in [0.4, 0.5) is 0 Å². The van der Waals surface area contributed by atoms with Crippen molar-refractivity contribution in [3.8, 4) is 0 Å². The van der Waals surface area contributed by atoms with E-state index in [1.165, 1.54) is 15.7 Å². The molecular weight excluding hydrogens is 369 g/mol. The Balaban J connectivity index is 2.56. The first kappa shape index (κ1) is 18.5. The fraction of sp³-hybridized carbons (Fsp3) is 0.562. The summed E-state index contributed by atoms with van der Waals surface area (Å²) in [6.07, 6.45) is 9.78. The van der Waals surface area contributed by atoms with Gasteiger partial charge in [-0.2, -0.15) is 0 Å². The molecular formula is C16H26InNO3. The van der Waals surface area contributed by atoms with Crippen molar-refractivity contribution < 1.29 is 14.2 Å². The van der Waals surface area contributed by atoms with Crippen molar-refractivity contribution in [1.82, 2.24) is 0 Å². The molecule has 0 aliphatic rings. The van der Waals surface area contributed by atoms with Crippen LogP contribution < -0.4 is 4.73 Å². The van der Waals surface area contributed by atoms with Gasteiger partial charge in [-0.05, 0) is 0 Å². The van der Waals surface area contributed by atoms with Crippen molar-refractivity contribution in [1.29, 1.82) is 0 Å². The van der Waals surface area contributed by atoms with Crippen LogP contribution in [0.3, 0.4) is 0 Å². The number of pyridine rings is 1. The normalized spacial score (nSPS) is 14.9. The van der Waals surface area contributed by atoms with Gasteiger partial charge in [-0.15, -0.1) is 0 Å². The molecule has 0 fully saturated rings. The van der Waals surface area contributed by atoms with Gasteiger partial charge in [0.1, 0.15) is 0 Å². The molecule has 0 radical (unpaired) electrons. The van der Waals surface area contributed by atoms with Gasteiger partial charge in [0.25, 0.3) is 0 Å². The first-order valence-corrected chi connectivity index (χ1v) is 10.4. The van der Waals surface area contributed by atoms with Crippen LogP contribution in [0.1, 0.15) is 38.2 Å². The molecule has 21 heavy (non-hydrogen) atoms. The van der Waals surface area contributed by atoms with E-state index in [9.17, 15) is 5.21 Å². The summed E-state index contributed by atoms with van der Waals surface area (Å²) in [7, 11) is 3.52. The number of nitrogens with zero attached hydrogens (tertiary/aromatic N) is 1. The number of ether oxygens (including phenoxy) is 2. The zero-order valence-corrected chi connectivity index (χ0v) is 19.3. The summed E-state index contributed by atoms with van der Waals surface area (Å²) in [6.45, 7) is 2.16. The number of aromatic nitrogens is 1. The van der Waals surface area contributed by atoms with Crippen LogP contribution in [-0.4, -0.2) is 50.8 Å². The summed E-state index contributed by atoms with van der Waals surface area (Å²) in [6, 6.07) is 3.70. The summed E-state index contributed by atoms with van der Waals surface area (Å²) < 4.78 is 13.4. The van der Waals surface area contributed by atoms with E-state index in [0.29, 0.717) is 24.4 Å². The Labute approximate surface area is 142 Å². The maximum absolute atomic E-state index is 11.0. The fourth-order valence-electron chi connectivity index (χ4n) is 2.44. The monoisotopic (exact) mass is 395 g/mol. The molecule has 2 atom stereocenters. The summed E-state index contributed by atoms with van der Waals surface area (Å²) in [5.41, 5.74) is 1.10. The third-order valence-electron chi connectivity index (χ3n) is 3.66. The quantitative estimate of drug-likeness (QED) is 0.474. The maximum atomic E-state index is 11.0. The van der Waals surface area contributed by atoms with Crippen molar-refractivity contribution in [2.45, 2.75) is 44.8 Å². The molecule has 0 saturated heterocycles. The molecule has 0 spiro atoms. The average molecular weight is 395 g/mol. The third kappa shape index (κ3) is 6.85. The number of allylic oxidation sites excluding steroid dienone is 1. The number of methoxy groups -OCH3 is 2. The van der Waals surface area contributed by atoms with Crippen LogP contribution in [0.25, 0.3) is 6.08 Å². The van der Waals surface area contributed by atoms with Gasteiger partial charge in [-0.1, -0.05) is 0 Å². The Morgan fingerprint density at radius 1 is 1.24 bits per heavy atom. The molecule has 2 unspecified atom stereocenters. The molecule has 0 aliphatic carbocycles. The van der Waals surface area contributed by atoms with Gasteiger partial charge >= 0.3 is 142 Å². The zero-order chi connectivity index (χ0) is 15.7. The van der Waals surface area contributed by atoms with Crippen molar-refractivity contribution in [3.05, 3.63) is 38.6 Å². The molecule has 0 N–H and O–H groups in total. The van der Waals surface area contributed by atoms with E-state index >= 15 is 0 Å². The minimum absolute atomic E-state index is 0.157. The molecule has 0 amide bonds. The van der Waals surface area contributed by atoms with Crippen LogP contribution in [0.2, 0.25) is 0 Å². The second-order valence-electron chi connectivity index (χ2n) is 5.36. The van der Waals surface area contributed by atoms with Gasteiger partial charge in [-0.3, -0.25) is 0 Å². The van der Waals surface area contributed by atoms with Gasteiger partial charge in [0, 0.05) is 0 Å². The third-order valence-corrected chi connectivity index (χ3v) is 5.91. The van der Waals surface area contributed by atoms with Crippen molar-refractivity contribution in [2.24, 2.45) is 0 Å². The summed E-state index contributed by atoms with van der Waals surface area (Å²) in [5, 5.41) is 11.0. The number of rotatable bonds is 9. The average Bonchev–Trinajstić information content (AvgIpc) is 2.49. The standard InChI is InChI=1S/C16H24NO3.In.2H/c1-4-7-15(19-2)16(20-3)9-6-5-8-14-10-12-17(18)13-11-14;;;/h8,10-13,15-16H,4,6-7,9H2,1-3H3;;;. The molecule has 116 valence electrons. The zero-order valence-electron chi connectivity index (χ0n) is 13.5. The van der Waals surface area contributed by atoms with E-state index in [2.05, 4.69) is 13.0 Å². The Bertz CT molecular complexity index is 434. The molecule has 1 aromatic rings. The molecule has 0 aliphatic heterocycles. The predicted molar refractivity (Wildman–Crippen MR) is 87.7 cm³/mol. The Morgan fingerprint density at radius 2 is 1.81 bits per heavy atom. The Kier molecular flexibility index (Phi) is 9.04. The van der Waals surface area contributed by atoms with Crippen LogP contribution in [0.5, 0.6) is 0 Å². The molecule has 5 heteroatoms. The van der Waals surface area contributed by atoms with E-state index in [4.69, 9.17) is 9.47 Å². The van der Waals surface area contributed by atoms with Crippen molar-refractivity contribution in [2.75, 3.05) is 14.2 Å². The van der Waals surface area contributed by atoms with Crippen LogP contribution >= 0.6 is 0 Å². The van der Waals surface area contributed by atoms with Gasteiger partial charge in [0.05, 0.1) is 0 Å². The number of hydrogen-bond donors (Lipinski definition) is 0. The molecule has 0 saturated carbocycles. The summed E-state index contributed by atoms with van der Waals surface area (Å²) >= 11 is 0.450. The molecule has 1 rings (SSSR count). The van der Waals surface area contributed by atoms with Gasteiger partial charge in [-0.25, -0.2) is 0 Å². The molecule has 1 heterocycles. The van der Waals surface area contributed by atoms with Gasteiger partial charge in [0.15, 0.2) is 0 Å². The van der Waals surface area contributed by atoms with E-state index in [-0.39, 0.29) is 12.2 Å². The molecule has 0 aromatic carbocycles. The summed E-state index contributed by atoms with van der Waals surface area (Å²) in [5.74, 6) is 0. The SMILES string of the molecule is CCCC(OC)C(CC[C]([InH2])=Cc1cc[n+]([O-])cc1)OC. The van der Waals surface area contributed by atoms with Crippen LogP contribution in [0.15, 0.2) is 27.9 Å². The molecule has 1 aromatic heterocycles. The minimum atomic E-state index is 0.157. The number of hydrogen-bond acceptors (Lipinski definition) is 3. The Hall–Kier alpha value is -0.520. The van der Waals surface area contributed by atoms with E-state index in [1.807, 2.05) is 12.1 Å². The Morgan fingerprint density at radius 3 is 2.33 bits per heavy atom. The van der Waals surface area contributed by atoms with E-state index < -0.39 is 0 Å². The first-order valence-electron chi connectivity index (χ1n) is 7.52. The molecule has 0 bridgehead atoms. The van der Waals surface area contributed by atoms with Crippen LogP contribution in [-0.2, 0) is 9.47 Å². The second-order valence-corrected chi connectivity index (χ2v) is 9.02. The van der Waals surface area contributed by atoms with Gasteiger partial charge < -0.3 is 0 Å². The van der Waals surface area contributed by atoms with Crippen molar-refractivity contribution >= 4 is 30.5 Å². The van der Waals surface area contributed by atoms with Gasteiger partial charge in [0.2, 0.25) is 0 Å². The fourth-order valence-corrected chi connectivity index (χ4v) is 4.22. The molecule has 4 nitrogen and oxygen atoms in total. The van der Waals surface area contributed by atoms with E-state index in [0.717, 1.165) is 36.0 Å². The van der Waals surface area contributed by atoms with Crippen LogP contribution in [0, 0.1) is 5.21 Å². The first-order chi connectivity index (χ1) is 10.1. The summed E-state index contributed by atoms with van der Waals surface area (Å²) in [4.78, 5) is 0. The topological polar surface area (TPSA) is 45.4 Å². The second kappa shape index (κ2) is 10.2. The predicted octanol–water partition coefficient (Wildman–Crippen LogP) is 1.90.